The van der Waals surface area contributed by atoms with E-state index in [1.807, 2.05) is 25.1 Å². The zero-order valence-corrected chi connectivity index (χ0v) is 15.8. The highest BCUT2D eigenvalue weighted by atomic mass is 16.3. The third-order valence-corrected chi connectivity index (χ3v) is 4.94. The third-order valence-electron chi connectivity index (χ3n) is 4.94. The predicted octanol–water partition coefficient (Wildman–Crippen LogP) is 3.41. The number of hydrogen-bond donors (Lipinski definition) is 1. The topological polar surface area (TPSA) is 83.4 Å². The number of carbonyl (C=O) groups excluding carboxylic acids is 2. The highest BCUT2D eigenvalue weighted by Crippen LogP contribution is 2.39. The van der Waals surface area contributed by atoms with E-state index in [1.54, 1.807) is 55.1 Å². The molecule has 1 atom stereocenters. The highest BCUT2D eigenvalue weighted by Gasteiger charge is 2.46. The average molecular weight is 385 g/mol. The number of amides is 1. The Kier molecular flexibility index (Phi) is 4.91. The van der Waals surface area contributed by atoms with E-state index in [0.29, 0.717) is 11.1 Å². The molecule has 0 unspecified atom stereocenters. The van der Waals surface area contributed by atoms with Crippen LogP contribution in [0.2, 0.25) is 0 Å². The van der Waals surface area contributed by atoms with Gasteiger partial charge in [-0.05, 0) is 30.2 Å². The van der Waals surface area contributed by atoms with E-state index in [0.717, 1.165) is 11.1 Å². The summed E-state index contributed by atoms with van der Waals surface area (Å²) in [4.78, 5) is 35.5. The molecule has 0 spiro atoms. The Morgan fingerprint density at radius 1 is 1.00 bits per heavy atom. The van der Waals surface area contributed by atoms with E-state index in [1.165, 1.54) is 4.90 Å². The molecule has 6 heteroatoms. The quantitative estimate of drug-likeness (QED) is 0.423. The summed E-state index contributed by atoms with van der Waals surface area (Å²) in [5, 5.41) is 11.0. The van der Waals surface area contributed by atoms with Crippen molar-refractivity contribution in [2.24, 2.45) is 0 Å². The first kappa shape index (κ1) is 18.6. The molecule has 0 aliphatic carbocycles. The van der Waals surface area contributed by atoms with Gasteiger partial charge in [0.1, 0.15) is 5.76 Å². The van der Waals surface area contributed by atoms with E-state index in [2.05, 4.69) is 9.97 Å². The summed E-state index contributed by atoms with van der Waals surface area (Å²) in [5.41, 5.74) is 3.03. The Hall–Kier alpha value is -3.80. The summed E-state index contributed by atoms with van der Waals surface area (Å²) in [5.74, 6) is -1.55. The van der Waals surface area contributed by atoms with Crippen molar-refractivity contribution in [2.75, 3.05) is 0 Å². The highest BCUT2D eigenvalue weighted by molar-refractivity contribution is 6.46. The van der Waals surface area contributed by atoms with Crippen LogP contribution in [0.1, 0.15) is 28.3 Å². The third kappa shape index (κ3) is 3.52. The maximum Gasteiger partial charge on any atom is 0.295 e. The fourth-order valence-electron chi connectivity index (χ4n) is 3.48. The van der Waals surface area contributed by atoms with Crippen LogP contribution in [0.5, 0.6) is 0 Å². The van der Waals surface area contributed by atoms with Crippen LogP contribution >= 0.6 is 0 Å². The number of likely N-dealkylation sites (tertiary alicyclic amines) is 1. The molecule has 1 N–H and O–H groups in total. The molecule has 29 heavy (non-hydrogen) atoms. The van der Waals surface area contributed by atoms with Crippen molar-refractivity contribution in [3.8, 4) is 0 Å². The molecular weight excluding hydrogens is 366 g/mol. The standard InChI is InChI=1S/C23H19N3O3/c1-15-6-8-17(9-7-15)21(27)19-20(18-5-3-11-25-13-18)26(23(29)22(19)28)14-16-4-2-10-24-12-16/h2-13,20,27H,14H2,1H3/b21-19+/t20-/m1/s1. The molecule has 0 saturated carbocycles. The minimum Gasteiger partial charge on any atom is -0.507 e. The van der Waals surface area contributed by atoms with Crippen molar-refractivity contribution in [3.63, 3.8) is 0 Å². The molecule has 0 radical (unpaired) electrons. The van der Waals surface area contributed by atoms with Crippen molar-refractivity contribution in [2.45, 2.75) is 19.5 Å². The Bertz CT molecular complexity index is 1080. The second-order valence-electron chi connectivity index (χ2n) is 6.94. The van der Waals surface area contributed by atoms with E-state index in [4.69, 9.17) is 0 Å². The lowest BCUT2D eigenvalue weighted by molar-refractivity contribution is -0.140. The molecule has 2 aromatic heterocycles. The van der Waals surface area contributed by atoms with Crippen molar-refractivity contribution < 1.29 is 14.7 Å². The summed E-state index contributed by atoms with van der Waals surface area (Å²) in [6.07, 6.45) is 6.53. The molecular formula is C23H19N3O3. The molecule has 1 aliphatic rings. The van der Waals surface area contributed by atoms with Gasteiger partial charge in [0.05, 0.1) is 11.6 Å². The first-order valence-corrected chi connectivity index (χ1v) is 9.20. The van der Waals surface area contributed by atoms with Crippen LogP contribution in [0.3, 0.4) is 0 Å². The molecule has 1 aromatic carbocycles. The van der Waals surface area contributed by atoms with Gasteiger partial charge in [-0.2, -0.15) is 0 Å². The number of aliphatic hydroxyl groups excluding tert-OH is 1. The molecule has 144 valence electrons. The minimum atomic E-state index is -0.731. The number of Topliss-reactive ketones (excluding diaryl/α,β-unsaturated/α-hetero) is 1. The van der Waals surface area contributed by atoms with Crippen LogP contribution in [0.15, 0.2) is 78.9 Å². The fourth-order valence-corrected chi connectivity index (χ4v) is 3.48. The number of nitrogens with zero attached hydrogens (tertiary/aromatic N) is 3. The van der Waals surface area contributed by atoms with Gasteiger partial charge in [-0.3, -0.25) is 19.6 Å². The van der Waals surface area contributed by atoms with Gasteiger partial charge >= 0.3 is 0 Å². The van der Waals surface area contributed by atoms with Crippen molar-refractivity contribution in [1.29, 1.82) is 0 Å². The number of aromatic nitrogens is 2. The van der Waals surface area contributed by atoms with Crippen LogP contribution in [-0.2, 0) is 16.1 Å². The Morgan fingerprint density at radius 2 is 1.69 bits per heavy atom. The Morgan fingerprint density at radius 3 is 2.31 bits per heavy atom. The van der Waals surface area contributed by atoms with E-state index < -0.39 is 17.7 Å². The second-order valence-corrected chi connectivity index (χ2v) is 6.94. The van der Waals surface area contributed by atoms with Gasteiger partial charge in [0, 0.05) is 36.9 Å². The molecule has 3 aromatic rings. The summed E-state index contributed by atoms with van der Waals surface area (Å²) < 4.78 is 0. The normalized spacial score (nSPS) is 18.2. The van der Waals surface area contributed by atoms with Gasteiger partial charge in [-0.25, -0.2) is 0 Å². The molecule has 4 rings (SSSR count). The van der Waals surface area contributed by atoms with Gasteiger partial charge in [0.25, 0.3) is 11.7 Å². The van der Waals surface area contributed by atoms with Crippen molar-refractivity contribution >= 4 is 17.4 Å². The Balaban J connectivity index is 1.85. The molecule has 0 bridgehead atoms. The van der Waals surface area contributed by atoms with Crippen molar-refractivity contribution in [3.05, 3.63) is 101 Å². The van der Waals surface area contributed by atoms with E-state index >= 15 is 0 Å². The number of carbonyl (C=O) groups is 2. The number of ketones is 1. The molecule has 1 amide bonds. The number of pyridine rings is 2. The fraction of sp³-hybridized carbons (Fsp3) is 0.130. The maximum atomic E-state index is 12.9. The minimum absolute atomic E-state index is 0.0655. The van der Waals surface area contributed by atoms with Gasteiger partial charge in [0.2, 0.25) is 0 Å². The van der Waals surface area contributed by atoms with Gasteiger partial charge in [-0.1, -0.05) is 42.0 Å². The van der Waals surface area contributed by atoms with Crippen LogP contribution in [-0.4, -0.2) is 31.7 Å². The van der Waals surface area contributed by atoms with Crippen LogP contribution < -0.4 is 0 Å². The van der Waals surface area contributed by atoms with Gasteiger partial charge in [-0.15, -0.1) is 0 Å². The first-order valence-electron chi connectivity index (χ1n) is 9.20. The predicted molar refractivity (Wildman–Crippen MR) is 107 cm³/mol. The number of aryl methyl sites for hydroxylation is 1. The van der Waals surface area contributed by atoms with E-state index in [-0.39, 0.29) is 17.9 Å². The molecule has 1 fully saturated rings. The van der Waals surface area contributed by atoms with E-state index in [9.17, 15) is 14.7 Å². The SMILES string of the molecule is Cc1ccc(/C(O)=C2\C(=O)C(=O)N(Cc3cccnc3)[C@@H]2c2cccnc2)cc1. The van der Waals surface area contributed by atoms with Crippen LogP contribution in [0, 0.1) is 6.92 Å². The summed E-state index contributed by atoms with van der Waals surface area (Å²) >= 11 is 0. The zero-order chi connectivity index (χ0) is 20.4. The van der Waals surface area contributed by atoms with Crippen molar-refractivity contribution in [1.82, 2.24) is 14.9 Å². The lowest BCUT2D eigenvalue weighted by Gasteiger charge is -2.25. The zero-order valence-electron chi connectivity index (χ0n) is 15.8. The summed E-state index contributed by atoms with van der Waals surface area (Å²) in [6.45, 7) is 2.13. The number of aliphatic hydroxyl groups is 1. The molecule has 3 heterocycles. The number of benzene rings is 1. The second kappa shape index (κ2) is 7.67. The molecule has 6 nitrogen and oxygen atoms in total. The monoisotopic (exact) mass is 385 g/mol. The maximum absolute atomic E-state index is 12.9. The van der Waals surface area contributed by atoms with Gasteiger partial charge in [0.15, 0.2) is 0 Å². The summed E-state index contributed by atoms with van der Waals surface area (Å²) in [6, 6.07) is 13.6. The van der Waals surface area contributed by atoms with Gasteiger partial charge < -0.3 is 10.0 Å². The molecule has 1 aliphatic heterocycles. The lowest BCUT2D eigenvalue weighted by atomic mass is 9.96. The number of rotatable bonds is 4. The van der Waals surface area contributed by atoms with Crippen LogP contribution in [0.25, 0.3) is 5.76 Å². The smallest absolute Gasteiger partial charge is 0.295 e. The summed E-state index contributed by atoms with van der Waals surface area (Å²) in [7, 11) is 0. The lowest BCUT2D eigenvalue weighted by Crippen LogP contribution is -2.29. The van der Waals surface area contributed by atoms with Crippen LogP contribution in [0.4, 0.5) is 0 Å². The average Bonchev–Trinajstić information content (AvgIpc) is 3.00. The number of hydrogen-bond acceptors (Lipinski definition) is 5. The largest absolute Gasteiger partial charge is 0.507 e. The first-order chi connectivity index (χ1) is 14.1. The molecule has 1 saturated heterocycles. The Labute approximate surface area is 168 Å².